The van der Waals surface area contributed by atoms with Crippen LogP contribution in [-0.2, 0) is 0 Å². The molecule has 0 aliphatic rings. The monoisotopic (exact) mass is 234 g/mol. The maximum atomic E-state index is 3.85. The van der Waals surface area contributed by atoms with E-state index < -0.39 is 0 Å². The van der Waals surface area contributed by atoms with Gasteiger partial charge < -0.3 is 0 Å². The number of hydrogen-bond acceptors (Lipinski definition) is 0. The predicted octanol–water partition coefficient (Wildman–Crippen LogP) is 6.08. The summed E-state index contributed by atoms with van der Waals surface area (Å²) in [6, 6.07) is 0. The van der Waals surface area contributed by atoms with Crippen LogP contribution in [0.15, 0.2) is 49.1 Å². The Morgan fingerprint density at radius 1 is 1.18 bits per heavy atom. The van der Waals surface area contributed by atoms with Crippen molar-refractivity contribution in [2.24, 2.45) is 5.92 Å². The highest BCUT2D eigenvalue weighted by atomic mass is 14.0. The minimum Gasteiger partial charge on any atom is -0.0991 e. The van der Waals surface area contributed by atoms with E-state index in [1.807, 2.05) is 19.1 Å². The second-order valence-electron chi connectivity index (χ2n) is 4.62. The van der Waals surface area contributed by atoms with Crippen LogP contribution in [0, 0.1) is 5.92 Å². The highest BCUT2D eigenvalue weighted by molar-refractivity contribution is 5.23. The van der Waals surface area contributed by atoms with Gasteiger partial charge in [-0.25, -0.2) is 0 Å². The van der Waals surface area contributed by atoms with Gasteiger partial charge in [0.15, 0.2) is 0 Å². The maximum Gasteiger partial charge on any atom is -0.0222 e. The lowest BCUT2D eigenvalue weighted by atomic mass is 10.00. The Morgan fingerprint density at radius 3 is 2.06 bits per heavy atom. The van der Waals surface area contributed by atoms with Crippen molar-refractivity contribution in [3.63, 3.8) is 0 Å². The quantitative estimate of drug-likeness (QED) is 0.370. The summed E-state index contributed by atoms with van der Waals surface area (Å²) in [5, 5.41) is 0. The van der Waals surface area contributed by atoms with Crippen molar-refractivity contribution < 1.29 is 0 Å². The van der Waals surface area contributed by atoms with Crippen LogP contribution in [0.3, 0.4) is 0 Å². The topological polar surface area (TPSA) is 0 Å². The first kappa shape index (κ1) is 18.3. The van der Waals surface area contributed by atoms with Crippen molar-refractivity contribution in [3.8, 4) is 0 Å². The molecule has 17 heavy (non-hydrogen) atoms. The van der Waals surface area contributed by atoms with Crippen molar-refractivity contribution in [2.45, 2.75) is 53.4 Å². The van der Waals surface area contributed by atoms with E-state index >= 15 is 0 Å². The summed E-state index contributed by atoms with van der Waals surface area (Å²) in [5.74, 6) is 0.549. The predicted molar refractivity (Wildman–Crippen MR) is 82.3 cm³/mol. The Bertz CT molecular complexity index is 241. The molecule has 0 atom stereocenters. The highest BCUT2D eigenvalue weighted by Gasteiger charge is 1.97. The van der Waals surface area contributed by atoms with Gasteiger partial charge in [-0.2, -0.15) is 0 Å². The van der Waals surface area contributed by atoms with E-state index in [4.69, 9.17) is 0 Å². The fourth-order valence-electron chi connectivity index (χ4n) is 1.20. The normalized spacial score (nSPS) is 9.94. The average molecular weight is 234 g/mol. The van der Waals surface area contributed by atoms with E-state index in [1.165, 1.54) is 25.7 Å². The summed E-state index contributed by atoms with van der Waals surface area (Å²) in [7, 11) is 0. The molecule has 0 fully saturated rings. The SMILES string of the molecule is C=C(C)C(=C)C(C)C.C=C/C=C/CCCCC. The number of allylic oxidation sites excluding steroid dienone is 5. The number of unbranched alkanes of at least 4 members (excludes halogenated alkanes) is 3. The molecule has 0 unspecified atom stereocenters. The molecule has 0 N–H and O–H groups in total. The molecule has 0 bridgehead atoms. The second kappa shape index (κ2) is 13.0. The minimum atomic E-state index is 0.549. The molecule has 0 aliphatic heterocycles. The van der Waals surface area contributed by atoms with Gasteiger partial charge in [-0.1, -0.05) is 82.7 Å². The van der Waals surface area contributed by atoms with Crippen molar-refractivity contribution in [1.29, 1.82) is 0 Å². The lowest BCUT2D eigenvalue weighted by Gasteiger charge is -2.06. The molecule has 0 aliphatic carbocycles. The third-order valence-electron chi connectivity index (χ3n) is 2.49. The van der Waals surface area contributed by atoms with Crippen LogP contribution in [0.5, 0.6) is 0 Å². The van der Waals surface area contributed by atoms with Gasteiger partial charge in [-0.3, -0.25) is 0 Å². The van der Waals surface area contributed by atoms with Crippen LogP contribution in [0.4, 0.5) is 0 Å². The Morgan fingerprint density at radius 2 is 1.76 bits per heavy atom. The smallest absolute Gasteiger partial charge is 0.0222 e. The van der Waals surface area contributed by atoms with Gasteiger partial charge in [0.2, 0.25) is 0 Å². The number of rotatable bonds is 7. The molecule has 0 saturated heterocycles. The first-order chi connectivity index (χ1) is 7.97. The summed E-state index contributed by atoms with van der Waals surface area (Å²) in [4.78, 5) is 0. The van der Waals surface area contributed by atoms with E-state index in [0.717, 1.165) is 11.1 Å². The fourth-order valence-corrected chi connectivity index (χ4v) is 1.20. The van der Waals surface area contributed by atoms with Gasteiger partial charge >= 0.3 is 0 Å². The highest BCUT2D eigenvalue weighted by Crippen LogP contribution is 2.13. The van der Waals surface area contributed by atoms with Crippen LogP contribution in [-0.4, -0.2) is 0 Å². The molecule has 0 heterocycles. The summed E-state index contributed by atoms with van der Waals surface area (Å²) < 4.78 is 0. The van der Waals surface area contributed by atoms with Crippen LogP contribution >= 0.6 is 0 Å². The molecule has 0 aromatic rings. The summed E-state index contributed by atoms with van der Waals surface area (Å²) >= 11 is 0. The molecule has 0 heteroatoms. The van der Waals surface area contributed by atoms with Crippen LogP contribution < -0.4 is 0 Å². The summed E-state index contributed by atoms with van der Waals surface area (Å²) in [6.45, 7) is 19.7. The van der Waals surface area contributed by atoms with E-state index in [9.17, 15) is 0 Å². The molecule has 0 saturated carbocycles. The van der Waals surface area contributed by atoms with Crippen LogP contribution in [0.25, 0.3) is 0 Å². The van der Waals surface area contributed by atoms with Crippen molar-refractivity contribution >= 4 is 0 Å². The van der Waals surface area contributed by atoms with Gasteiger partial charge in [-0.15, -0.1) is 0 Å². The Labute approximate surface area is 109 Å². The standard InChI is InChI=1S/C9H16.C8H14/c1-3-5-7-9-8-6-4-2;1-6(2)8(5)7(3)4/h3,5,7H,1,4,6,8-9H2,2H3;7H,1,5H2,2-4H3/b7-5+;. The van der Waals surface area contributed by atoms with Crippen LogP contribution in [0.2, 0.25) is 0 Å². The first-order valence-electron chi connectivity index (χ1n) is 6.59. The Balaban J connectivity index is 0. The zero-order chi connectivity index (χ0) is 13.7. The van der Waals surface area contributed by atoms with E-state index in [2.05, 4.69) is 46.6 Å². The molecule has 0 rings (SSSR count). The summed E-state index contributed by atoms with van der Waals surface area (Å²) in [5.41, 5.74) is 2.25. The number of hydrogen-bond donors (Lipinski definition) is 0. The van der Waals surface area contributed by atoms with Gasteiger partial charge in [-0.05, 0) is 25.7 Å². The Hall–Kier alpha value is -1.04. The fraction of sp³-hybridized carbons (Fsp3) is 0.529. The first-order valence-corrected chi connectivity index (χ1v) is 6.59. The van der Waals surface area contributed by atoms with E-state index in [0.29, 0.717) is 5.92 Å². The van der Waals surface area contributed by atoms with Crippen molar-refractivity contribution in [1.82, 2.24) is 0 Å². The molecule has 0 aromatic carbocycles. The average Bonchev–Trinajstić information content (AvgIpc) is 2.28. The largest absolute Gasteiger partial charge is 0.0991 e. The zero-order valence-electron chi connectivity index (χ0n) is 12.3. The van der Waals surface area contributed by atoms with E-state index in [-0.39, 0.29) is 0 Å². The molecule has 0 nitrogen and oxygen atoms in total. The molecular formula is C17H30. The third-order valence-corrected chi connectivity index (χ3v) is 2.49. The van der Waals surface area contributed by atoms with E-state index in [1.54, 1.807) is 0 Å². The zero-order valence-corrected chi connectivity index (χ0v) is 12.3. The molecule has 0 aromatic heterocycles. The minimum absolute atomic E-state index is 0.549. The van der Waals surface area contributed by atoms with Gasteiger partial charge in [0, 0.05) is 0 Å². The Kier molecular flexibility index (Phi) is 14.0. The third kappa shape index (κ3) is 15.0. The molecule has 0 amide bonds. The van der Waals surface area contributed by atoms with Crippen molar-refractivity contribution in [3.05, 3.63) is 49.1 Å². The van der Waals surface area contributed by atoms with Gasteiger partial charge in [0.1, 0.15) is 0 Å². The van der Waals surface area contributed by atoms with Gasteiger partial charge in [0.05, 0.1) is 0 Å². The molecular weight excluding hydrogens is 204 g/mol. The lowest BCUT2D eigenvalue weighted by Crippen LogP contribution is -1.91. The summed E-state index contributed by atoms with van der Waals surface area (Å²) in [6.07, 6.45) is 11.2. The molecule has 0 spiro atoms. The van der Waals surface area contributed by atoms with Crippen LogP contribution in [0.1, 0.15) is 53.4 Å². The maximum absolute atomic E-state index is 3.85. The molecule has 98 valence electrons. The second-order valence-corrected chi connectivity index (χ2v) is 4.62. The molecule has 0 radical (unpaired) electrons. The van der Waals surface area contributed by atoms with Gasteiger partial charge in [0.25, 0.3) is 0 Å². The lowest BCUT2D eigenvalue weighted by molar-refractivity contribution is 0.729. The van der Waals surface area contributed by atoms with Crippen molar-refractivity contribution in [2.75, 3.05) is 0 Å².